The molecule has 0 saturated carbocycles. The van der Waals surface area contributed by atoms with E-state index in [9.17, 15) is 4.39 Å². The highest BCUT2D eigenvalue weighted by atomic mass is 32.2. The van der Waals surface area contributed by atoms with Crippen LogP contribution >= 0.6 is 11.8 Å². The van der Waals surface area contributed by atoms with Crippen molar-refractivity contribution >= 4 is 11.8 Å². The number of tetrazole rings is 1. The fraction of sp³-hybridized carbons (Fsp3) is 0.0833. The number of benzene rings is 1. The maximum atomic E-state index is 13.2. The predicted molar refractivity (Wildman–Crippen MR) is 70.7 cm³/mol. The lowest BCUT2D eigenvalue weighted by Gasteiger charge is -2.03. The molecule has 0 fully saturated rings. The summed E-state index contributed by atoms with van der Waals surface area (Å²) in [6.07, 6.45) is 3.36. The van der Waals surface area contributed by atoms with Gasteiger partial charge < -0.3 is 0 Å². The lowest BCUT2D eigenvalue weighted by Crippen LogP contribution is -2.00. The van der Waals surface area contributed by atoms with Crippen molar-refractivity contribution in [1.29, 1.82) is 0 Å². The van der Waals surface area contributed by atoms with Crippen molar-refractivity contribution in [3.63, 3.8) is 0 Å². The van der Waals surface area contributed by atoms with Crippen LogP contribution in [0.15, 0.2) is 47.9 Å². The summed E-state index contributed by atoms with van der Waals surface area (Å²) in [6, 6.07) is 7.85. The quantitative estimate of drug-likeness (QED) is 0.683. The SMILES string of the molecule is Fc1cccc(-n2nnnc2SCc2ncccn2)c1. The van der Waals surface area contributed by atoms with Crippen molar-refractivity contribution in [2.24, 2.45) is 0 Å². The second-order valence-electron chi connectivity index (χ2n) is 3.81. The van der Waals surface area contributed by atoms with E-state index < -0.39 is 0 Å². The number of thioether (sulfide) groups is 1. The molecule has 3 rings (SSSR count). The van der Waals surface area contributed by atoms with Gasteiger partial charge in [-0.1, -0.05) is 17.8 Å². The van der Waals surface area contributed by atoms with Crippen molar-refractivity contribution in [2.75, 3.05) is 0 Å². The summed E-state index contributed by atoms with van der Waals surface area (Å²) in [5.74, 6) is 0.892. The minimum absolute atomic E-state index is 0.333. The molecular weight excluding hydrogens is 279 g/mol. The van der Waals surface area contributed by atoms with Crippen molar-refractivity contribution in [3.8, 4) is 5.69 Å². The van der Waals surface area contributed by atoms with E-state index in [0.717, 1.165) is 0 Å². The molecule has 100 valence electrons. The Labute approximate surface area is 118 Å². The minimum Gasteiger partial charge on any atom is -0.240 e. The molecule has 0 atom stereocenters. The molecule has 0 aliphatic heterocycles. The summed E-state index contributed by atoms with van der Waals surface area (Å²) in [6.45, 7) is 0. The van der Waals surface area contributed by atoms with Crippen LogP contribution < -0.4 is 0 Å². The first-order chi connectivity index (χ1) is 9.83. The maximum absolute atomic E-state index is 13.2. The molecule has 20 heavy (non-hydrogen) atoms. The molecule has 2 aromatic heterocycles. The van der Waals surface area contributed by atoms with E-state index in [1.54, 1.807) is 30.6 Å². The zero-order valence-corrected chi connectivity index (χ0v) is 11.0. The lowest BCUT2D eigenvalue weighted by molar-refractivity contribution is 0.623. The molecule has 0 aliphatic rings. The van der Waals surface area contributed by atoms with Gasteiger partial charge in [-0.25, -0.2) is 14.4 Å². The van der Waals surface area contributed by atoms with Crippen LogP contribution in [0.1, 0.15) is 5.82 Å². The van der Waals surface area contributed by atoms with Gasteiger partial charge in [0.1, 0.15) is 11.6 Å². The van der Waals surface area contributed by atoms with Gasteiger partial charge in [-0.15, -0.1) is 5.10 Å². The summed E-state index contributed by atoms with van der Waals surface area (Å²) in [5.41, 5.74) is 0.575. The van der Waals surface area contributed by atoms with Crippen LogP contribution in [-0.2, 0) is 5.75 Å². The highest BCUT2D eigenvalue weighted by Crippen LogP contribution is 2.21. The van der Waals surface area contributed by atoms with E-state index in [1.807, 2.05) is 0 Å². The molecule has 0 aliphatic carbocycles. The summed E-state index contributed by atoms with van der Waals surface area (Å²) in [4.78, 5) is 8.25. The molecule has 0 saturated heterocycles. The van der Waals surface area contributed by atoms with Crippen molar-refractivity contribution in [1.82, 2.24) is 30.2 Å². The van der Waals surface area contributed by atoms with E-state index >= 15 is 0 Å². The van der Waals surface area contributed by atoms with Crippen molar-refractivity contribution in [2.45, 2.75) is 10.9 Å². The highest BCUT2D eigenvalue weighted by Gasteiger charge is 2.10. The molecule has 3 aromatic rings. The summed E-state index contributed by atoms with van der Waals surface area (Å²) in [7, 11) is 0. The fourth-order valence-electron chi connectivity index (χ4n) is 1.57. The zero-order valence-electron chi connectivity index (χ0n) is 10.2. The van der Waals surface area contributed by atoms with Gasteiger partial charge in [-0.2, -0.15) is 4.68 Å². The number of nitrogens with zero attached hydrogens (tertiary/aromatic N) is 6. The van der Waals surface area contributed by atoms with Gasteiger partial charge >= 0.3 is 0 Å². The molecule has 0 unspecified atom stereocenters. The van der Waals surface area contributed by atoms with E-state index in [4.69, 9.17) is 0 Å². The topological polar surface area (TPSA) is 69.4 Å². The second-order valence-corrected chi connectivity index (χ2v) is 4.75. The number of aromatic nitrogens is 6. The predicted octanol–water partition coefficient (Wildman–Crippen LogP) is 1.88. The number of hydrogen-bond donors (Lipinski definition) is 0. The average molecular weight is 288 g/mol. The molecule has 0 spiro atoms. The number of rotatable bonds is 4. The summed E-state index contributed by atoms with van der Waals surface area (Å²) in [5, 5.41) is 12.0. The number of halogens is 1. The van der Waals surface area contributed by atoms with Crippen LogP contribution in [0, 0.1) is 5.82 Å². The van der Waals surface area contributed by atoms with Gasteiger partial charge in [0.05, 0.1) is 11.4 Å². The smallest absolute Gasteiger partial charge is 0.214 e. The molecule has 2 heterocycles. The van der Waals surface area contributed by atoms with Crippen LogP contribution in [0.2, 0.25) is 0 Å². The molecule has 1 aromatic carbocycles. The van der Waals surface area contributed by atoms with Crippen molar-refractivity contribution < 1.29 is 4.39 Å². The zero-order chi connectivity index (χ0) is 13.8. The Hall–Kier alpha value is -2.35. The van der Waals surface area contributed by atoms with Crippen LogP contribution in [0.3, 0.4) is 0 Å². The standard InChI is InChI=1S/C12H9FN6S/c13-9-3-1-4-10(7-9)19-12(16-17-18-19)20-8-11-14-5-2-6-15-11/h1-7H,8H2. The molecule has 0 amide bonds. The highest BCUT2D eigenvalue weighted by molar-refractivity contribution is 7.98. The Kier molecular flexibility index (Phi) is 3.64. The van der Waals surface area contributed by atoms with Gasteiger partial charge in [0.2, 0.25) is 5.16 Å². The Morgan fingerprint density at radius 2 is 2.00 bits per heavy atom. The van der Waals surface area contributed by atoms with Crippen LogP contribution in [0.5, 0.6) is 0 Å². The van der Waals surface area contributed by atoms with Gasteiger partial charge in [0.25, 0.3) is 0 Å². The third kappa shape index (κ3) is 2.80. The lowest BCUT2D eigenvalue weighted by atomic mass is 10.3. The first kappa shape index (κ1) is 12.7. The fourth-order valence-corrected chi connectivity index (χ4v) is 2.34. The molecule has 6 nitrogen and oxygen atoms in total. The molecule has 8 heteroatoms. The number of hydrogen-bond acceptors (Lipinski definition) is 6. The Morgan fingerprint density at radius 3 is 2.80 bits per heavy atom. The van der Waals surface area contributed by atoms with Gasteiger partial charge in [0.15, 0.2) is 0 Å². The first-order valence-corrected chi connectivity index (χ1v) is 6.74. The van der Waals surface area contributed by atoms with Gasteiger partial charge in [-0.3, -0.25) is 0 Å². The van der Waals surface area contributed by atoms with E-state index in [0.29, 0.717) is 22.4 Å². The molecule has 0 bridgehead atoms. The molecule has 0 N–H and O–H groups in total. The Balaban J connectivity index is 1.80. The monoisotopic (exact) mass is 288 g/mol. The molecular formula is C12H9FN6S. The van der Waals surface area contributed by atoms with E-state index in [-0.39, 0.29) is 5.82 Å². The van der Waals surface area contributed by atoms with E-state index in [1.165, 1.54) is 28.6 Å². The maximum Gasteiger partial charge on any atom is 0.214 e. The van der Waals surface area contributed by atoms with Crippen molar-refractivity contribution in [3.05, 3.63) is 54.4 Å². The average Bonchev–Trinajstić information content (AvgIpc) is 2.95. The minimum atomic E-state index is -0.333. The first-order valence-electron chi connectivity index (χ1n) is 5.76. The van der Waals surface area contributed by atoms with Crippen LogP contribution in [-0.4, -0.2) is 30.2 Å². The third-order valence-corrected chi connectivity index (χ3v) is 3.36. The van der Waals surface area contributed by atoms with E-state index in [2.05, 4.69) is 25.5 Å². The van der Waals surface area contributed by atoms with Crippen LogP contribution in [0.4, 0.5) is 4.39 Å². The Bertz CT molecular complexity index is 702. The largest absolute Gasteiger partial charge is 0.240 e. The van der Waals surface area contributed by atoms with Gasteiger partial charge in [-0.05, 0) is 34.7 Å². The van der Waals surface area contributed by atoms with Gasteiger partial charge in [0, 0.05) is 12.4 Å². The summed E-state index contributed by atoms with van der Waals surface area (Å²) >= 11 is 1.39. The molecule has 0 radical (unpaired) electrons. The van der Waals surface area contributed by atoms with Crippen LogP contribution in [0.25, 0.3) is 5.69 Å². The third-order valence-electron chi connectivity index (χ3n) is 2.44. The Morgan fingerprint density at radius 1 is 1.15 bits per heavy atom. The second kappa shape index (κ2) is 5.74. The summed E-state index contributed by atoms with van der Waals surface area (Å²) < 4.78 is 14.7. The normalized spacial score (nSPS) is 10.7.